The largest absolute Gasteiger partial charge is 0.497 e. The first-order chi connectivity index (χ1) is 9.06. The highest BCUT2D eigenvalue weighted by Gasteiger charge is 2.10. The van der Waals surface area contributed by atoms with E-state index in [9.17, 15) is 9.90 Å². The van der Waals surface area contributed by atoms with Crippen LogP contribution in [-0.4, -0.2) is 16.8 Å². The summed E-state index contributed by atoms with van der Waals surface area (Å²) in [4.78, 5) is 12.3. The van der Waals surface area contributed by atoms with E-state index in [2.05, 4.69) is 13.8 Å². The van der Waals surface area contributed by atoms with Gasteiger partial charge in [-0.15, -0.1) is 0 Å². The third-order valence-corrected chi connectivity index (χ3v) is 3.09. The number of hydrogen-bond donors (Lipinski definition) is 1. The van der Waals surface area contributed by atoms with Crippen molar-refractivity contribution in [3.8, 4) is 5.75 Å². The van der Waals surface area contributed by atoms with Crippen LogP contribution in [0.15, 0.2) is 29.1 Å². The van der Waals surface area contributed by atoms with Gasteiger partial charge in [0.15, 0.2) is 0 Å². The fourth-order valence-corrected chi connectivity index (χ4v) is 2.21. The molecule has 0 fully saturated rings. The summed E-state index contributed by atoms with van der Waals surface area (Å²) < 4.78 is 6.92. The average Bonchev–Trinajstić information content (AvgIpc) is 2.40. The summed E-state index contributed by atoms with van der Waals surface area (Å²) in [5.41, 5.74) is 1.17. The minimum absolute atomic E-state index is 0.117. The molecule has 0 unspecified atom stereocenters. The van der Waals surface area contributed by atoms with Crippen LogP contribution in [0.1, 0.15) is 19.4 Å². The van der Waals surface area contributed by atoms with Crippen molar-refractivity contribution in [2.24, 2.45) is 5.92 Å². The molecule has 102 valence electrons. The molecule has 4 heteroatoms. The second kappa shape index (κ2) is 5.45. The molecule has 0 bridgehead atoms. The number of nitrogens with zero attached hydrogens (tertiary/aromatic N) is 1. The molecular weight excluding hydrogens is 242 g/mol. The standard InChI is InChI=1S/C15H19NO3/c1-10(2)8-16-14-5-4-13(19-3)7-11(14)6-12(9-17)15(16)18/h4-7,10,17H,8-9H2,1-3H3. The Hall–Kier alpha value is -1.81. The van der Waals surface area contributed by atoms with E-state index >= 15 is 0 Å². The van der Waals surface area contributed by atoms with E-state index in [-0.39, 0.29) is 12.2 Å². The molecule has 0 aliphatic heterocycles. The maximum atomic E-state index is 12.3. The van der Waals surface area contributed by atoms with Crippen LogP contribution in [-0.2, 0) is 13.2 Å². The topological polar surface area (TPSA) is 51.5 Å². The highest BCUT2D eigenvalue weighted by Crippen LogP contribution is 2.21. The second-order valence-corrected chi connectivity index (χ2v) is 5.06. The number of hydrogen-bond acceptors (Lipinski definition) is 3. The molecule has 1 aromatic carbocycles. The summed E-state index contributed by atoms with van der Waals surface area (Å²) in [6.07, 6.45) is 0. The van der Waals surface area contributed by atoms with Crippen LogP contribution < -0.4 is 10.3 Å². The predicted molar refractivity (Wildman–Crippen MR) is 75.5 cm³/mol. The number of aliphatic hydroxyl groups excluding tert-OH is 1. The van der Waals surface area contributed by atoms with Crippen LogP contribution in [0, 0.1) is 5.92 Å². The molecule has 0 aliphatic rings. The fourth-order valence-electron chi connectivity index (χ4n) is 2.21. The lowest BCUT2D eigenvalue weighted by atomic mass is 10.1. The molecule has 0 amide bonds. The normalized spacial score (nSPS) is 11.2. The van der Waals surface area contributed by atoms with Gasteiger partial charge in [0, 0.05) is 17.5 Å². The number of rotatable bonds is 4. The molecule has 0 radical (unpaired) electrons. The molecule has 1 heterocycles. The number of aliphatic hydroxyl groups is 1. The minimum atomic E-state index is -0.246. The van der Waals surface area contributed by atoms with Gasteiger partial charge in [-0.3, -0.25) is 4.79 Å². The first kappa shape index (κ1) is 13.6. The van der Waals surface area contributed by atoms with Gasteiger partial charge in [0.25, 0.3) is 5.56 Å². The van der Waals surface area contributed by atoms with Gasteiger partial charge in [-0.05, 0) is 30.2 Å². The average molecular weight is 261 g/mol. The Balaban J connectivity index is 2.74. The van der Waals surface area contributed by atoms with Crippen LogP contribution in [0.3, 0.4) is 0 Å². The van der Waals surface area contributed by atoms with Crippen molar-refractivity contribution in [2.45, 2.75) is 27.0 Å². The van der Waals surface area contributed by atoms with Crippen molar-refractivity contribution in [3.05, 3.63) is 40.2 Å². The Bertz CT molecular complexity index is 644. The van der Waals surface area contributed by atoms with E-state index in [1.807, 2.05) is 18.2 Å². The summed E-state index contributed by atoms with van der Waals surface area (Å²) in [6.45, 7) is 4.51. The Morgan fingerprint density at radius 2 is 2.05 bits per heavy atom. The van der Waals surface area contributed by atoms with Gasteiger partial charge < -0.3 is 14.4 Å². The maximum absolute atomic E-state index is 12.3. The van der Waals surface area contributed by atoms with Crippen LogP contribution >= 0.6 is 0 Å². The minimum Gasteiger partial charge on any atom is -0.497 e. The molecule has 4 nitrogen and oxygen atoms in total. The summed E-state index contributed by atoms with van der Waals surface area (Å²) in [7, 11) is 1.61. The fraction of sp³-hybridized carbons (Fsp3) is 0.400. The first-order valence-corrected chi connectivity index (χ1v) is 6.38. The zero-order chi connectivity index (χ0) is 14.0. The van der Waals surface area contributed by atoms with Crippen LogP contribution in [0.5, 0.6) is 5.75 Å². The molecule has 2 aromatic rings. The van der Waals surface area contributed by atoms with Crippen LogP contribution in [0.25, 0.3) is 10.9 Å². The summed E-state index contributed by atoms with van der Waals surface area (Å²) in [5, 5.41) is 10.2. The van der Waals surface area contributed by atoms with E-state index in [1.165, 1.54) is 0 Å². The van der Waals surface area contributed by atoms with Crippen molar-refractivity contribution in [1.82, 2.24) is 4.57 Å². The molecular formula is C15H19NO3. The highest BCUT2D eigenvalue weighted by molar-refractivity contribution is 5.81. The highest BCUT2D eigenvalue weighted by atomic mass is 16.5. The van der Waals surface area contributed by atoms with Gasteiger partial charge in [0.1, 0.15) is 5.75 Å². The summed E-state index contributed by atoms with van der Waals surface area (Å²) in [5.74, 6) is 1.10. The van der Waals surface area contributed by atoms with Gasteiger partial charge >= 0.3 is 0 Å². The van der Waals surface area contributed by atoms with E-state index < -0.39 is 0 Å². The maximum Gasteiger partial charge on any atom is 0.256 e. The smallest absolute Gasteiger partial charge is 0.256 e. The molecule has 19 heavy (non-hydrogen) atoms. The first-order valence-electron chi connectivity index (χ1n) is 6.38. The second-order valence-electron chi connectivity index (χ2n) is 5.06. The SMILES string of the molecule is COc1ccc2c(c1)cc(CO)c(=O)n2CC(C)C. The molecule has 0 saturated carbocycles. The zero-order valence-corrected chi connectivity index (χ0v) is 11.5. The summed E-state index contributed by atoms with van der Waals surface area (Å²) in [6, 6.07) is 7.35. The zero-order valence-electron chi connectivity index (χ0n) is 11.5. The van der Waals surface area contributed by atoms with E-state index in [4.69, 9.17) is 4.74 Å². The van der Waals surface area contributed by atoms with E-state index in [1.54, 1.807) is 17.7 Å². The number of fused-ring (bicyclic) bond motifs is 1. The number of pyridine rings is 1. The quantitative estimate of drug-likeness (QED) is 0.917. The molecule has 1 N–H and O–H groups in total. The van der Waals surface area contributed by atoms with Gasteiger partial charge in [-0.25, -0.2) is 0 Å². The van der Waals surface area contributed by atoms with Crippen molar-refractivity contribution >= 4 is 10.9 Å². The van der Waals surface area contributed by atoms with E-state index in [0.717, 1.165) is 16.7 Å². The molecule has 0 spiro atoms. The number of benzene rings is 1. The molecule has 1 aromatic heterocycles. The number of aromatic nitrogens is 1. The molecule has 0 aliphatic carbocycles. The van der Waals surface area contributed by atoms with Gasteiger partial charge in [0.2, 0.25) is 0 Å². The molecule has 2 rings (SSSR count). The van der Waals surface area contributed by atoms with Crippen molar-refractivity contribution in [2.75, 3.05) is 7.11 Å². The Morgan fingerprint density at radius 1 is 1.32 bits per heavy atom. The molecule has 0 atom stereocenters. The Morgan fingerprint density at radius 3 is 2.63 bits per heavy atom. The van der Waals surface area contributed by atoms with Gasteiger partial charge in [0.05, 0.1) is 19.2 Å². The molecule has 0 saturated heterocycles. The lowest BCUT2D eigenvalue weighted by Crippen LogP contribution is -2.26. The predicted octanol–water partition coefficient (Wildman–Crippen LogP) is 2.16. The monoisotopic (exact) mass is 261 g/mol. The third-order valence-electron chi connectivity index (χ3n) is 3.09. The van der Waals surface area contributed by atoms with Gasteiger partial charge in [-0.2, -0.15) is 0 Å². The van der Waals surface area contributed by atoms with Gasteiger partial charge in [-0.1, -0.05) is 13.8 Å². The number of methoxy groups -OCH3 is 1. The van der Waals surface area contributed by atoms with Crippen molar-refractivity contribution in [1.29, 1.82) is 0 Å². The lowest BCUT2D eigenvalue weighted by Gasteiger charge is -2.14. The third kappa shape index (κ3) is 2.63. The summed E-state index contributed by atoms with van der Waals surface area (Å²) >= 11 is 0. The van der Waals surface area contributed by atoms with Crippen molar-refractivity contribution < 1.29 is 9.84 Å². The van der Waals surface area contributed by atoms with Crippen molar-refractivity contribution in [3.63, 3.8) is 0 Å². The Labute approximate surface area is 112 Å². The number of ether oxygens (including phenoxy) is 1. The van der Waals surface area contributed by atoms with Crippen LogP contribution in [0.2, 0.25) is 0 Å². The Kier molecular flexibility index (Phi) is 3.90. The van der Waals surface area contributed by atoms with E-state index in [0.29, 0.717) is 18.0 Å². The van der Waals surface area contributed by atoms with Crippen LogP contribution in [0.4, 0.5) is 0 Å². The lowest BCUT2D eigenvalue weighted by molar-refractivity contribution is 0.279.